The van der Waals surface area contributed by atoms with Gasteiger partial charge in [0.1, 0.15) is 0 Å². The van der Waals surface area contributed by atoms with Gasteiger partial charge >= 0.3 is 0 Å². The van der Waals surface area contributed by atoms with Gasteiger partial charge in [-0.25, -0.2) is 0 Å². The molecule has 0 saturated carbocycles. The Morgan fingerprint density at radius 2 is 1.94 bits per heavy atom. The highest BCUT2D eigenvalue weighted by molar-refractivity contribution is 7.10. The molecule has 0 saturated heterocycles. The molecule has 1 nitrogen and oxygen atoms in total. The second kappa shape index (κ2) is 5.67. The summed E-state index contributed by atoms with van der Waals surface area (Å²) in [5.41, 5.74) is 7.37. The van der Waals surface area contributed by atoms with Gasteiger partial charge in [0, 0.05) is 21.9 Å². The molecule has 0 spiro atoms. The molecule has 1 heterocycles. The number of rotatable bonds is 4. The maximum Gasteiger partial charge on any atom is 0.0406 e. The van der Waals surface area contributed by atoms with Crippen LogP contribution < -0.4 is 5.73 Å². The Hall–Kier alpha value is -0.830. The third-order valence-corrected chi connectivity index (χ3v) is 4.17. The lowest BCUT2D eigenvalue weighted by Crippen LogP contribution is -2.25. The zero-order valence-corrected chi connectivity index (χ0v) is 11.3. The summed E-state index contributed by atoms with van der Waals surface area (Å²) in [6.45, 7) is 2.07. The van der Waals surface area contributed by atoms with E-state index in [-0.39, 0.29) is 6.04 Å². The third kappa shape index (κ3) is 3.32. The number of benzene rings is 1. The Bertz CT molecular complexity index is 448. The minimum atomic E-state index is 0.157. The first-order chi connectivity index (χ1) is 8.16. The molecule has 2 atom stereocenters. The Morgan fingerprint density at radius 1 is 1.24 bits per heavy atom. The average Bonchev–Trinajstić information content (AvgIpc) is 2.81. The van der Waals surface area contributed by atoms with Crippen LogP contribution in [-0.4, -0.2) is 6.04 Å². The molecule has 0 aliphatic carbocycles. The van der Waals surface area contributed by atoms with E-state index in [9.17, 15) is 0 Å². The highest BCUT2D eigenvalue weighted by Gasteiger charge is 2.17. The summed E-state index contributed by atoms with van der Waals surface area (Å²) in [6.07, 6.45) is 0.968. The van der Waals surface area contributed by atoms with Gasteiger partial charge in [-0.05, 0) is 42.5 Å². The van der Waals surface area contributed by atoms with E-state index in [1.807, 2.05) is 12.1 Å². The number of hydrogen-bond acceptors (Lipinski definition) is 2. The molecule has 2 rings (SSSR count). The summed E-state index contributed by atoms with van der Waals surface area (Å²) in [4.78, 5) is 1.36. The molecule has 17 heavy (non-hydrogen) atoms. The molecule has 0 fully saturated rings. The van der Waals surface area contributed by atoms with Crippen molar-refractivity contribution in [3.05, 3.63) is 57.2 Å². The minimum absolute atomic E-state index is 0.157. The van der Waals surface area contributed by atoms with Gasteiger partial charge in [-0.3, -0.25) is 0 Å². The van der Waals surface area contributed by atoms with Gasteiger partial charge in [0.15, 0.2) is 0 Å². The van der Waals surface area contributed by atoms with Crippen molar-refractivity contribution in [1.29, 1.82) is 0 Å². The van der Waals surface area contributed by atoms with Crippen molar-refractivity contribution in [2.45, 2.75) is 25.3 Å². The first-order valence-corrected chi connectivity index (χ1v) is 6.96. The summed E-state index contributed by atoms with van der Waals surface area (Å²) < 4.78 is 0. The zero-order chi connectivity index (χ0) is 12.3. The first-order valence-electron chi connectivity index (χ1n) is 5.70. The van der Waals surface area contributed by atoms with Crippen LogP contribution in [0.15, 0.2) is 41.8 Å². The van der Waals surface area contributed by atoms with E-state index in [0.29, 0.717) is 5.92 Å². The smallest absolute Gasteiger partial charge is 0.0406 e. The van der Waals surface area contributed by atoms with E-state index < -0.39 is 0 Å². The molecule has 0 amide bonds. The van der Waals surface area contributed by atoms with Crippen molar-refractivity contribution in [2.75, 3.05) is 0 Å². The lowest BCUT2D eigenvalue weighted by atomic mass is 9.92. The quantitative estimate of drug-likeness (QED) is 0.886. The van der Waals surface area contributed by atoms with Crippen molar-refractivity contribution < 1.29 is 0 Å². The lowest BCUT2D eigenvalue weighted by molar-refractivity contribution is 0.573. The van der Waals surface area contributed by atoms with E-state index in [4.69, 9.17) is 17.3 Å². The molecule has 0 aliphatic rings. The summed E-state index contributed by atoms with van der Waals surface area (Å²) >= 11 is 7.66. The molecule has 1 aromatic heterocycles. The van der Waals surface area contributed by atoms with Crippen LogP contribution in [0.2, 0.25) is 5.02 Å². The highest BCUT2D eigenvalue weighted by Crippen LogP contribution is 2.27. The molecule has 0 bridgehead atoms. The fraction of sp³-hybridized carbons (Fsp3) is 0.286. The highest BCUT2D eigenvalue weighted by atomic mass is 35.5. The Morgan fingerprint density at radius 3 is 2.47 bits per heavy atom. The SMILES string of the molecule is C[C@@H](N)[C@@H](Cc1ccc(Cl)cc1)c1cccs1. The first kappa shape index (κ1) is 12.6. The van der Waals surface area contributed by atoms with Gasteiger partial charge in [0.05, 0.1) is 0 Å². The summed E-state index contributed by atoms with van der Waals surface area (Å²) in [7, 11) is 0. The zero-order valence-electron chi connectivity index (χ0n) is 9.77. The number of thiophene rings is 1. The van der Waals surface area contributed by atoms with Crippen LogP contribution >= 0.6 is 22.9 Å². The third-order valence-electron chi connectivity index (χ3n) is 2.91. The van der Waals surface area contributed by atoms with E-state index >= 15 is 0 Å². The van der Waals surface area contributed by atoms with Crippen molar-refractivity contribution >= 4 is 22.9 Å². The number of nitrogens with two attached hydrogens (primary N) is 1. The van der Waals surface area contributed by atoms with Gasteiger partial charge < -0.3 is 5.73 Å². The Balaban J connectivity index is 2.16. The van der Waals surface area contributed by atoms with Crippen molar-refractivity contribution in [2.24, 2.45) is 5.73 Å². The summed E-state index contributed by atoms with van der Waals surface area (Å²) in [6, 6.07) is 12.4. The van der Waals surface area contributed by atoms with Gasteiger partial charge in [-0.1, -0.05) is 29.8 Å². The number of hydrogen-bond donors (Lipinski definition) is 1. The monoisotopic (exact) mass is 265 g/mol. The maximum atomic E-state index is 6.09. The summed E-state index contributed by atoms with van der Waals surface area (Å²) in [5.74, 6) is 0.385. The maximum absolute atomic E-state index is 6.09. The fourth-order valence-electron chi connectivity index (χ4n) is 1.92. The molecule has 2 aromatic rings. The molecule has 0 aliphatic heterocycles. The number of halogens is 1. The predicted molar refractivity (Wildman–Crippen MR) is 75.9 cm³/mol. The largest absolute Gasteiger partial charge is 0.327 e. The van der Waals surface area contributed by atoms with Gasteiger partial charge in [-0.15, -0.1) is 11.3 Å². The van der Waals surface area contributed by atoms with Crippen LogP contribution in [0.3, 0.4) is 0 Å². The lowest BCUT2D eigenvalue weighted by Gasteiger charge is -2.19. The van der Waals surface area contributed by atoms with Crippen molar-refractivity contribution in [3.63, 3.8) is 0 Å². The average molecular weight is 266 g/mol. The van der Waals surface area contributed by atoms with Crippen LogP contribution in [0.4, 0.5) is 0 Å². The fourth-order valence-corrected chi connectivity index (χ4v) is 2.99. The molecule has 2 N–H and O–H groups in total. The Labute approximate surface area is 111 Å². The Kier molecular flexibility index (Phi) is 4.21. The van der Waals surface area contributed by atoms with Gasteiger partial charge in [0.25, 0.3) is 0 Å². The van der Waals surface area contributed by atoms with Crippen LogP contribution in [0, 0.1) is 0 Å². The molecular weight excluding hydrogens is 250 g/mol. The van der Waals surface area contributed by atoms with Gasteiger partial charge in [-0.2, -0.15) is 0 Å². The second-order valence-electron chi connectivity index (χ2n) is 4.31. The topological polar surface area (TPSA) is 26.0 Å². The normalized spacial score (nSPS) is 14.5. The molecular formula is C14H16ClNS. The minimum Gasteiger partial charge on any atom is -0.327 e. The summed E-state index contributed by atoms with van der Waals surface area (Å²) in [5, 5.41) is 2.88. The molecule has 0 radical (unpaired) electrons. The standard InChI is InChI=1S/C14H16ClNS/c1-10(16)13(14-3-2-8-17-14)9-11-4-6-12(15)7-5-11/h2-8,10,13H,9,16H2,1H3/t10-,13-/m1/s1. The van der Waals surface area contributed by atoms with E-state index in [1.165, 1.54) is 10.4 Å². The van der Waals surface area contributed by atoms with Crippen LogP contribution in [0.25, 0.3) is 0 Å². The van der Waals surface area contributed by atoms with E-state index in [0.717, 1.165) is 11.4 Å². The second-order valence-corrected chi connectivity index (χ2v) is 5.73. The van der Waals surface area contributed by atoms with Gasteiger partial charge in [0.2, 0.25) is 0 Å². The van der Waals surface area contributed by atoms with Crippen molar-refractivity contribution in [1.82, 2.24) is 0 Å². The van der Waals surface area contributed by atoms with Crippen LogP contribution in [0.5, 0.6) is 0 Å². The van der Waals surface area contributed by atoms with E-state index in [1.54, 1.807) is 11.3 Å². The predicted octanol–water partition coefficient (Wildman–Crippen LogP) is 4.08. The van der Waals surface area contributed by atoms with Crippen LogP contribution in [-0.2, 0) is 6.42 Å². The molecule has 90 valence electrons. The van der Waals surface area contributed by atoms with Crippen LogP contribution in [0.1, 0.15) is 23.3 Å². The molecule has 1 aromatic carbocycles. The van der Waals surface area contributed by atoms with Crippen molar-refractivity contribution in [3.8, 4) is 0 Å². The molecule has 0 unspecified atom stereocenters. The molecule has 3 heteroatoms. The van der Waals surface area contributed by atoms with E-state index in [2.05, 4.69) is 36.6 Å².